The van der Waals surface area contributed by atoms with Gasteiger partial charge in [0, 0.05) is 53.6 Å². The molecule has 3 aliphatic rings. The molecule has 2 aromatic rings. The third-order valence-electron chi connectivity index (χ3n) is 8.75. The highest BCUT2D eigenvalue weighted by atomic mass is 35.5. The van der Waals surface area contributed by atoms with Crippen LogP contribution in [-0.2, 0) is 4.79 Å². The van der Waals surface area contributed by atoms with E-state index in [4.69, 9.17) is 11.6 Å². The minimum absolute atomic E-state index is 0.0773. The van der Waals surface area contributed by atoms with Crippen LogP contribution < -0.4 is 4.68 Å². The number of amides is 1. The molecule has 1 amide bonds. The number of aliphatic hydroxyl groups is 1. The Morgan fingerprint density at radius 1 is 1.20 bits per heavy atom. The molecule has 1 aliphatic carbocycles. The van der Waals surface area contributed by atoms with Crippen LogP contribution in [-0.4, -0.2) is 62.6 Å². The molecule has 2 aliphatic heterocycles. The van der Waals surface area contributed by atoms with E-state index in [-0.39, 0.29) is 35.4 Å². The number of fused-ring (bicyclic) bond motifs is 1. The van der Waals surface area contributed by atoms with Crippen LogP contribution in [0, 0.1) is 0 Å². The van der Waals surface area contributed by atoms with Crippen molar-refractivity contribution in [3.8, 4) is 0 Å². The maximum Gasteiger partial charge on any atom is 0.235 e. The molecule has 5 rings (SSSR count). The Morgan fingerprint density at radius 3 is 2.51 bits per heavy atom. The van der Waals surface area contributed by atoms with Crippen LogP contribution in [0.2, 0.25) is 5.02 Å². The summed E-state index contributed by atoms with van der Waals surface area (Å²) in [5.41, 5.74) is 2.94. The van der Waals surface area contributed by atoms with E-state index in [1.165, 1.54) is 0 Å². The lowest BCUT2D eigenvalue weighted by Crippen LogP contribution is -2.54. The monoisotopic (exact) mass is 498 g/mol. The van der Waals surface area contributed by atoms with Gasteiger partial charge < -0.3 is 10.0 Å². The van der Waals surface area contributed by atoms with Gasteiger partial charge in [0.1, 0.15) is 11.8 Å². The molecule has 0 spiro atoms. The first kappa shape index (κ1) is 24.6. The second-order valence-corrected chi connectivity index (χ2v) is 11.7. The second-order valence-electron chi connectivity index (χ2n) is 11.2. The number of benzene rings is 1. The maximum absolute atomic E-state index is 14.1. The Balaban J connectivity index is 1.36. The zero-order chi connectivity index (χ0) is 24.9. The third-order valence-corrected chi connectivity index (χ3v) is 9.00. The number of nitrogens with zero attached hydrogens (tertiary/aromatic N) is 5. The van der Waals surface area contributed by atoms with Crippen LogP contribution in [0.1, 0.15) is 93.8 Å². The molecular formula is C27H37ClN5O2+. The molecule has 0 bridgehead atoms. The predicted molar refractivity (Wildman–Crippen MR) is 134 cm³/mol. The van der Waals surface area contributed by atoms with Gasteiger partial charge in [-0.3, -0.25) is 9.69 Å². The first-order valence-electron chi connectivity index (χ1n) is 12.9. The fraction of sp³-hybridized carbons (Fsp3) is 0.630. The molecule has 3 heterocycles. The highest BCUT2D eigenvalue weighted by Gasteiger charge is 2.46. The van der Waals surface area contributed by atoms with E-state index in [1.54, 1.807) is 6.33 Å². The van der Waals surface area contributed by atoms with Gasteiger partial charge in [-0.25, -0.2) is 4.98 Å². The van der Waals surface area contributed by atoms with Crippen molar-refractivity contribution >= 4 is 17.5 Å². The second kappa shape index (κ2) is 9.41. The third kappa shape index (κ3) is 4.47. The SMILES string of the molecule is C[C@@H]1C[C@@H](O)c2ncn[n+](C3CCN(C(=O)[C@@H](c4ccc(Cl)cc4)[C@@H]4CCC(C)(C)N4C)CC3)c21. The number of carbonyl (C=O) groups is 1. The summed E-state index contributed by atoms with van der Waals surface area (Å²) in [7, 11) is 2.15. The van der Waals surface area contributed by atoms with Crippen molar-refractivity contribution in [3.63, 3.8) is 0 Å². The van der Waals surface area contributed by atoms with Crippen LogP contribution in [0.15, 0.2) is 30.6 Å². The highest BCUT2D eigenvalue weighted by molar-refractivity contribution is 6.30. The van der Waals surface area contributed by atoms with Gasteiger partial charge in [-0.2, -0.15) is 0 Å². The van der Waals surface area contributed by atoms with Crippen molar-refractivity contribution in [1.82, 2.24) is 19.9 Å². The van der Waals surface area contributed by atoms with Crippen LogP contribution in [0.25, 0.3) is 0 Å². The molecule has 1 aromatic heterocycles. The number of hydrogen-bond donors (Lipinski definition) is 1. The molecule has 7 nitrogen and oxygen atoms in total. The summed E-state index contributed by atoms with van der Waals surface area (Å²) in [5.74, 6) is 0.236. The molecule has 8 heteroatoms. The van der Waals surface area contributed by atoms with Crippen LogP contribution in [0.3, 0.4) is 0 Å². The van der Waals surface area contributed by atoms with Gasteiger partial charge in [-0.1, -0.05) is 35.3 Å². The van der Waals surface area contributed by atoms with Gasteiger partial charge in [-0.15, -0.1) is 0 Å². The molecule has 2 fully saturated rings. The average Bonchev–Trinajstić information content (AvgIpc) is 3.29. The van der Waals surface area contributed by atoms with Crippen molar-refractivity contribution in [1.29, 1.82) is 0 Å². The number of likely N-dealkylation sites (tertiary alicyclic amines) is 2. The Labute approximate surface area is 213 Å². The summed E-state index contributed by atoms with van der Waals surface area (Å²) in [4.78, 5) is 22.9. The Kier molecular flexibility index (Phi) is 6.62. The number of carbonyl (C=O) groups excluding carboxylic acids is 1. The van der Waals surface area contributed by atoms with E-state index < -0.39 is 6.10 Å². The molecule has 35 heavy (non-hydrogen) atoms. The molecule has 1 aromatic carbocycles. The molecule has 4 atom stereocenters. The van der Waals surface area contributed by atoms with E-state index in [0.717, 1.165) is 42.6 Å². The summed E-state index contributed by atoms with van der Waals surface area (Å²) in [6.07, 6.45) is 5.52. The van der Waals surface area contributed by atoms with Crippen molar-refractivity contribution in [3.05, 3.63) is 52.6 Å². The Morgan fingerprint density at radius 2 is 1.89 bits per heavy atom. The summed E-state index contributed by atoms with van der Waals surface area (Å²) in [5, 5.41) is 15.6. The highest BCUT2D eigenvalue weighted by Crippen LogP contribution is 2.41. The van der Waals surface area contributed by atoms with Gasteiger partial charge >= 0.3 is 0 Å². The van der Waals surface area contributed by atoms with Crippen molar-refractivity contribution in [2.24, 2.45) is 0 Å². The zero-order valence-electron chi connectivity index (χ0n) is 21.2. The number of aromatic nitrogens is 3. The Bertz CT molecular complexity index is 1080. The fourth-order valence-electron chi connectivity index (χ4n) is 6.41. The fourth-order valence-corrected chi connectivity index (χ4v) is 6.54. The topological polar surface area (TPSA) is 73.4 Å². The minimum atomic E-state index is -0.510. The number of aliphatic hydroxyl groups excluding tert-OH is 1. The summed E-state index contributed by atoms with van der Waals surface area (Å²) in [6, 6.07) is 8.20. The van der Waals surface area contributed by atoms with Gasteiger partial charge in [0.2, 0.25) is 11.6 Å². The van der Waals surface area contributed by atoms with Crippen LogP contribution in [0.4, 0.5) is 0 Å². The van der Waals surface area contributed by atoms with Gasteiger partial charge in [0.05, 0.1) is 5.92 Å². The lowest BCUT2D eigenvalue weighted by molar-refractivity contribution is -0.787. The smallest absolute Gasteiger partial charge is 0.235 e. The normalized spacial score (nSPS) is 27.7. The zero-order valence-corrected chi connectivity index (χ0v) is 21.9. The molecular weight excluding hydrogens is 462 g/mol. The van der Waals surface area contributed by atoms with Gasteiger partial charge in [-0.05, 0) is 57.9 Å². The summed E-state index contributed by atoms with van der Waals surface area (Å²) >= 11 is 6.18. The van der Waals surface area contributed by atoms with Gasteiger partial charge in [0.15, 0.2) is 12.4 Å². The maximum atomic E-state index is 14.1. The molecule has 0 radical (unpaired) electrons. The number of likely N-dealkylation sites (N-methyl/N-ethyl adjacent to an activating group) is 1. The van der Waals surface area contributed by atoms with E-state index in [2.05, 4.69) is 52.4 Å². The molecule has 2 saturated heterocycles. The number of hydrogen-bond acceptors (Lipinski definition) is 5. The molecule has 0 saturated carbocycles. The van der Waals surface area contributed by atoms with E-state index in [9.17, 15) is 9.90 Å². The van der Waals surface area contributed by atoms with Gasteiger partial charge in [0.25, 0.3) is 0 Å². The molecule has 188 valence electrons. The summed E-state index contributed by atoms with van der Waals surface area (Å²) < 4.78 is 2.08. The van der Waals surface area contributed by atoms with Crippen molar-refractivity contribution < 1.29 is 14.6 Å². The largest absolute Gasteiger partial charge is 0.387 e. The molecule has 0 unspecified atom stereocenters. The van der Waals surface area contributed by atoms with E-state index >= 15 is 0 Å². The summed E-state index contributed by atoms with van der Waals surface area (Å²) in [6.45, 7) is 8.06. The van der Waals surface area contributed by atoms with E-state index in [1.807, 2.05) is 24.3 Å². The lowest BCUT2D eigenvalue weighted by Gasteiger charge is -2.38. The average molecular weight is 499 g/mol. The standard InChI is InChI=1S/C27H37ClN5O2/c1-17-15-22(34)24-25(17)33(30-16-29-24)20-10-13-32(14-11-20)26(35)23(18-5-7-19(28)8-6-18)21-9-12-27(2,3)31(21)4/h5-8,16-17,20-23,34H,9-15H2,1-4H3/q+1/t17-,21+,22-,23+/m1/s1. The Hall–Kier alpha value is -2.09. The van der Waals surface area contributed by atoms with Crippen LogP contribution in [0.5, 0.6) is 0 Å². The first-order valence-corrected chi connectivity index (χ1v) is 13.3. The first-order chi connectivity index (χ1) is 16.7. The molecule has 1 N–H and O–H groups in total. The van der Waals surface area contributed by atoms with Crippen LogP contribution >= 0.6 is 11.6 Å². The lowest BCUT2D eigenvalue weighted by atomic mass is 9.87. The number of rotatable bonds is 4. The van der Waals surface area contributed by atoms with Crippen molar-refractivity contribution in [2.45, 2.75) is 88.4 Å². The minimum Gasteiger partial charge on any atom is -0.387 e. The number of piperidine rings is 1. The predicted octanol–water partition coefficient (Wildman–Crippen LogP) is 3.78. The quantitative estimate of drug-likeness (QED) is 0.649. The van der Waals surface area contributed by atoms with Crippen molar-refractivity contribution in [2.75, 3.05) is 20.1 Å². The number of halogens is 1. The van der Waals surface area contributed by atoms with E-state index in [0.29, 0.717) is 24.5 Å².